The molecule has 1 aromatic rings. The number of hydrogen-bond donors (Lipinski definition) is 0. The van der Waals surface area contributed by atoms with E-state index in [4.69, 9.17) is 0 Å². The van der Waals surface area contributed by atoms with Gasteiger partial charge in [-0.2, -0.15) is 0 Å². The Labute approximate surface area is 119 Å². The Morgan fingerprint density at radius 3 is 2.47 bits per heavy atom. The molecule has 4 heteroatoms. The lowest BCUT2D eigenvalue weighted by molar-refractivity contribution is 0.0723. The summed E-state index contributed by atoms with van der Waals surface area (Å²) >= 11 is 6.96. The summed E-state index contributed by atoms with van der Waals surface area (Å²) < 4.78 is 1.80. The highest BCUT2D eigenvalue weighted by molar-refractivity contribution is 9.13. The van der Waals surface area contributed by atoms with E-state index >= 15 is 0 Å². The first-order valence-electron chi connectivity index (χ1n) is 5.84. The summed E-state index contributed by atoms with van der Waals surface area (Å²) in [4.78, 5) is 14.4. The lowest BCUT2D eigenvalue weighted by atomic mass is 10.1. The molecule has 1 aliphatic heterocycles. The number of nitrogens with zero attached hydrogens (tertiary/aromatic N) is 1. The van der Waals surface area contributed by atoms with Crippen molar-refractivity contribution in [3.8, 4) is 0 Å². The Kier molecular flexibility index (Phi) is 4.26. The van der Waals surface area contributed by atoms with Crippen LogP contribution in [-0.2, 0) is 0 Å². The third kappa shape index (κ3) is 2.91. The Morgan fingerprint density at radius 1 is 1.18 bits per heavy atom. The van der Waals surface area contributed by atoms with Crippen LogP contribution < -0.4 is 0 Å². The highest BCUT2D eigenvalue weighted by Crippen LogP contribution is 2.29. The lowest BCUT2D eigenvalue weighted by Crippen LogP contribution is -2.35. The highest BCUT2D eigenvalue weighted by atomic mass is 79.9. The van der Waals surface area contributed by atoms with Crippen molar-refractivity contribution in [1.29, 1.82) is 0 Å². The van der Waals surface area contributed by atoms with Gasteiger partial charge in [-0.05, 0) is 75.7 Å². The maximum absolute atomic E-state index is 12.4. The van der Waals surface area contributed by atoms with Crippen LogP contribution in [0.5, 0.6) is 0 Å². The molecule has 2 rings (SSSR count). The highest BCUT2D eigenvalue weighted by Gasteiger charge is 2.21. The van der Waals surface area contributed by atoms with E-state index in [0.717, 1.165) is 46.0 Å². The molecule has 0 saturated carbocycles. The molecule has 0 atom stereocenters. The standard InChI is InChI=1S/C13H15Br2NO/c1-9-7-10(12(15)11(14)8-9)13(17)16-5-3-2-4-6-16/h7-8H,2-6H2,1H3. The fourth-order valence-electron chi connectivity index (χ4n) is 2.15. The van der Waals surface area contributed by atoms with Crippen LogP contribution in [0.4, 0.5) is 0 Å². The van der Waals surface area contributed by atoms with Crippen molar-refractivity contribution < 1.29 is 4.79 Å². The van der Waals surface area contributed by atoms with Crippen LogP contribution in [-0.4, -0.2) is 23.9 Å². The monoisotopic (exact) mass is 359 g/mol. The number of rotatable bonds is 1. The molecule has 1 fully saturated rings. The molecular formula is C13H15Br2NO. The summed E-state index contributed by atoms with van der Waals surface area (Å²) in [5, 5.41) is 0. The van der Waals surface area contributed by atoms with Crippen molar-refractivity contribution in [2.75, 3.05) is 13.1 Å². The average molecular weight is 361 g/mol. The number of amides is 1. The van der Waals surface area contributed by atoms with E-state index < -0.39 is 0 Å². The zero-order valence-corrected chi connectivity index (χ0v) is 13.0. The van der Waals surface area contributed by atoms with Gasteiger partial charge in [0.15, 0.2) is 0 Å². The molecule has 1 aliphatic rings. The van der Waals surface area contributed by atoms with Crippen LogP contribution in [0.15, 0.2) is 21.1 Å². The summed E-state index contributed by atoms with van der Waals surface area (Å²) in [7, 11) is 0. The Morgan fingerprint density at radius 2 is 1.82 bits per heavy atom. The first-order valence-corrected chi connectivity index (χ1v) is 7.43. The molecule has 1 saturated heterocycles. The summed E-state index contributed by atoms with van der Waals surface area (Å²) in [5.74, 6) is 0.140. The summed E-state index contributed by atoms with van der Waals surface area (Å²) in [6.07, 6.45) is 3.48. The number of hydrogen-bond acceptors (Lipinski definition) is 1. The second kappa shape index (κ2) is 5.53. The maximum Gasteiger partial charge on any atom is 0.255 e. The van der Waals surface area contributed by atoms with Gasteiger partial charge < -0.3 is 4.90 Å². The summed E-state index contributed by atoms with van der Waals surface area (Å²) in [5.41, 5.74) is 1.86. The molecule has 1 amide bonds. The predicted molar refractivity (Wildman–Crippen MR) is 76.3 cm³/mol. The average Bonchev–Trinajstić information content (AvgIpc) is 2.34. The van der Waals surface area contributed by atoms with E-state index in [0.29, 0.717) is 0 Å². The molecule has 0 bridgehead atoms. The van der Waals surface area contributed by atoms with Gasteiger partial charge in [-0.25, -0.2) is 0 Å². The molecule has 1 heterocycles. The third-order valence-corrected chi connectivity index (χ3v) is 5.06. The first-order chi connectivity index (χ1) is 8.09. The minimum atomic E-state index is 0.140. The minimum absolute atomic E-state index is 0.140. The minimum Gasteiger partial charge on any atom is -0.339 e. The van der Waals surface area contributed by atoms with Crippen LogP contribution in [0.1, 0.15) is 35.2 Å². The topological polar surface area (TPSA) is 20.3 Å². The van der Waals surface area contributed by atoms with Crippen molar-refractivity contribution in [3.63, 3.8) is 0 Å². The molecule has 1 aromatic carbocycles. The number of piperidine rings is 1. The second-order valence-corrected chi connectivity index (χ2v) is 6.11. The van der Waals surface area contributed by atoms with Gasteiger partial charge in [0.1, 0.15) is 0 Å². The van der Waals surface area contributed by atoms with Crippen LogP contribution in [0.3, 0.4) is 0 Å². The van der Waals surface area contributed by atoms with Gasteiger partial charge in [0.2, 0.25) is 0 Å². The van der Waals surface area contributed by atoms with E-state index in [1.165, 1.54) is 6.42 Å². The smallest absolute Gasteiger partial charge is 0.255 e. The van der Waals surface area contributed by atoms with E-state index in [9.17, 15) is 4.79 Å². The predicted octanol–water partition coefficient (Wildman–Crippen LogP) is 4.15. The molecule has 0 unspecified atom stereocenters. The van der Waals surface area contributed by atoms with Crippen LogP contribution in [0.25, 0.3) is 0 Å². The van der Waals surface area contributed by atoms with Gasteiger partial charge in [0, 0.05) is 22.0 Å². The number of benzene rings is 1. The van der Waals surface area contributed by atoms with Gasteiger partial charge in [-0.3, -0.25) is 4.79 Å². The van der Waals surface area contributed by atoms with Gasteiger partial charge in [0.25, 0.3) is 5.91 Å². The zero-order valence-electron chi connectivity index (χ0n) is 9.80. The van der Waals surface area contributed by atoms with Gasteiger partial charge >= 0.3 is 0 Å². The largest absolute Gasteiger partial charge is 0.339 e. The zero-order chi connectivity index (χ0) is 12.4. The fraction of sp³-hybridized carbons (Fsp3) is 0.462. The van der Waals surface area contributed by atoms with E-state index in [1.807, 2.05) is 24.0 Å². The molecule has 0 N–H and O–H groups in total. The molecule has 2 nitrogen and oxygen atoms in total. The van der Waals surface area contributed by atoms with Crippen molar-refractivity contribution in [3.05, 3.63) is 32.2 Å². The quantitative estimate of drug-likeness (QED) is 0.736. The van der Waals surface area contributed by atoms with E-state index in [1.54, 1.807) is 0 Å². The number of likely N-dealkylation sites (tertiary alicyclic amines) is 1. The fourth-order valence-corrected chi connectivity index (χ4v) is 3.12. The third-order valence-electron chi connectivity index (χ3n) is 3.05. The molecule has 17 heavy (non-hydrogen) atoms. The van der Waals surface area contributed by atoms with Crippen LogP contribution >= 0.6 is 31.9 Å². The Bertz CT molecular complexity index is 439. The molecule has 92 valence electrons. The maximum atomic E-state index is 12.4. The molecular weight excluding hydrogens is 346 g/mol. The SMILES string of the molecule is Cc1cc(Br)c(Br)c(C(=O)N2CCCCC2)c1. The Balaban J connectivity index is 2.29. The molecule has 0 aliphatic carbocycles. The number of carbonyl (C=O) groups is 1. The van der Waals surface area contributed by atoms with Gasteiger partial charge in [-0.1, -0.05) is 0 Å². The van der Waals surface area contributed by atoms with Crippen molar-refractivity contribution in [2.45, 2.75) is 26.2 Å². The number of halogens is 2. The summed E-state index contributed by atoms with van der Waals surface area (Å²) in [6.45, 7) is 3.78. The van der Waals surface area contributed by atoms with Gasteiger partial charge in [-0.15, -0.1) is 0 Å². The normalized spacial score (nSPS) is 16.1. The number of carbonyl (C=O) groups excluding carboxylic acids is 1. The number of aryl methyl sites for hydroxylation is 1. The van der Waals surface area contributed by atoms with Crippen molar-refractivity contribution in [2.24, 2.45) is 0 Å². The van der Waals surface area contributed by atoms with Crippen LogP contribution in [0, 0.1) is 6.92 Å². The van der Waals surface area contributed by atoms with E-state index in [2.05, 4.69) is 31.9 Å². The second-order valence-electron chi connectivity index (χ2n) is 4.46. The van der Waals surface area contributed by atoms with Crippen molar-refractivity contribution in [1.82, 2.24) is 4.90 Å². The Hall–Kier alpha value is -0.350. The first kappa shape index (κ1) is 13.1. The molecule has 0 aromatic heterocycles. The van der Waals surface area contributed by atoms with Crippen LogP contribution in [0.2, 0.25) is 0 Å². The van der Waals surface area contributed by atoms with Crippen molar-refractivity contribution >= 4 is 37.8 Å². The molecule has 0 spiro atoms. The van der Waals surface area contributed by atoms with E-state index in [-0.39, 0.29) is 5.91 Å². The molecule has 0 radical (unpaired) electrons. The lowest BCUT2D eigenvalue weighted by Gasteiger charge is -2.27. The summed E-state index contributed by atoms with van der Waals surface area (Å²) in [6, 6.07) is 3.96. The van der Waals surface area contributed by atoms with Gasteiger partial charge in [0.05, 0.1) is 5.56 Å².